The summed E-state index contributed by atoms with van der Waals surface area (Å²) in [5, 5.41) is 3.27. The number of sulfonamides is 1. The van der Waals surface area contributed by atoms with E-state index in [-0.39, 0.29) is 23.3 Å². The number of nitrogens with one attached hydrogen (secondary N) is 1. The Morgan fingerprint density at radius 1 is 0.949 bits per heavy atom. The monoisotopic (exact) mass is 569 g/mol. The number of amides is 2. The molecule has 0 aliphatic heterocycles. The third-order valence-electron chi connectivity index (χ3n) is 6.32. The number of carbonyl (C=O) groups is 2. The van der Waals surface area contributed by atoms with Crippen molar-refractivity contribution in [3.05, 3.63) is 95.0 Å². The molecule has 0 unspecified atom stereocenters. The smallest absolute Gasteiger partial charge is 0.264 e. The lowest BCUT2D eigenvalue weighted by molar-refractivity contribution is -0.140. The lowest BCUT2D eigenvalue weighted by Gasteiger charge is -2.33. The van der Waals surface area contributed by atoms with Crippen LogP contribution in [0.1, 0.15) is 38.3 Å². The molecule has 0 spiro atoms. The van der Waals surface area contributed by atoms with Crippen molar-refractivity contribution in [2.24, 2.45) is 5.92 Å². The summed E-state index contributed by atoms with van der Waals surface area (Å²) in [5.41, 5.74) is 1.78. The molecule has 3 aromatic carbocycles. The first-order valence-electron chi connectivity index (χ1n) is 13.0. The van der Waals surface area contributed by atoms with Gasteiger partial charge < -0.3 is 10.2 Å². The second-order valence-electron chi connectivity index (χ2n) is 9.83. The zero-order valence-corrected chi connectivity index (χ0v) is 24.4. The van der Waals surface area contributed by atoms with E-state index in [9.17, 15) is 18.0 Å². The van der Waals surface area contributed by atoms with E-state index in [1.807, 2.05) is 51.1 Å². The van der Waals surface area contributed by atoms with Gasteiger partial charge in [-0.3, -0.25) is 13.9 Å². The van der Waals surface area contributed by atoms with Crippen LogP contribution in [0.15, 0.2) is 83.8 Å². The van der Waals surface area contributed by atoms with Crippen LogP contribution < -0.4 is 9.62 Å². The maximum absolute atomic E-state index is 14.1. The van der Waals surface area contributed by atoms with Gasteiger partial charge in [0.25, 0.3) is 10.0 Å². The highest BCUT2D eigenvalue weighted by molar-refractivity contribution is 7.92. The SMILES string of the molecule is CC[C@H](C(=O)NCC(C)C)N(Cc1ccccc1)C(=O)CN(c1cc(Cl)ccc1C)S(=O)(=O)c1ccccc1. The molecule has 0 bridgehead atoms. The number of carbonyl (C=O) groups excluding carboxylic acids is 2. The summed E-state index contributed by atoms with van der Waals surface area (Å²) in [5.74, 6) is -0.529. The Morgan fingerprint density at radius 2 is 1.56 bits per heavy atom. The summed E-state index contributed by atoms with van der Waals surface area (Å²) in [6.07, 6.45) is 0.365. The first-order chi connectivity index (χ1) is 18.5. The number of hydrogen-bond donors (Lipinski definition) is 1. The first-order valence-corrected chi connectivity index (χ1v) is 14.8. The Bertz CT molecular complexity index is 1370. The Hall–Kier alpha value is -3.36. The third-order valence-corrected chi connectivity index (χ3v) is 8.33. The lowest BCUT2D eigenvalue weighted by Crippen LogP contribution is -2.52. The average Bonchev–Trinajstić information content (AvgIpc) is 2.92. The van der Waals surface area contributed by atoms with Crippen molar-refractivity contribution in [3.63, 3.8) is 0 Å². The molecule has 0 heterocycles. The Morgan fingerprint density at radius 3 is 2.15 bits per heavy atom. The summed E-state index contributed by atoms with van der Waals surface area (Å²) in [4.78, 5) is 28.8. The minimum Gasteiger partial charge on any atom is -0.354 e. The Balaban J connectivity index is 2.06. The van der Waals surface area contributed by atoms with Gasteiger partial charge in [0.05, 0.1) is 10.6 Å². The molecule has 0 saturated carbocycles. The van der Waals surface area contributed by atoms with E-state index in [1.165, 1.54) is 17.0 Å². The highest BCUT2D eigenvalue weighted by Gasteiger charge is 2.34. The Labute approximate surface area is 236 Å². The molecule has 7 nitrogen and oxygen atoms in total. The van der Waals surface area contributed by atoms with E-state index in [0.717, 1.165) is 9.87 Å². The Kier molecular flexibility index (Phi) is 10.5. The zero-order chi connectivity index (χ0) is 28.6. The largest absolute Gasteiger partial charge is 0.354 e. The molecule has 2 amide bonds. The van der Waals surface area contributed by atoms with Crippen molar-refractivity contribution in [3.8, 4) is 0 Å². The van der Waals surface area contributed by atoms with Gasteiger partial charge in [-0.15, -0.1) is 0 Å². The molecular weight excluding hydrogens is 534 g/mol. The van der Waals surface area contributed by atoms with Crippen LogP contribution in [0.2, 0.25) is 5.02 Å². The van der Waals surface area contributed by atoms with Crippen molar-refractivity contribution in [2.75, 3.05) is 17.4 Å². The maximum Gasteiger partial charge on any atom is 0.264 e. The topological polar surface area (TPSA) is 86.8 Å². The number of nitrogens with zero attached hydrogens (tertiary/aromatic N) is 2. The molecule has 3 aromatic rings. The molecule has 0 aliphatic rings. The van der Waals surface area contributed by atoms with Crippen LogP contribution in [0.5, 0.6) is 0 Å². The molecule has 0 radical (unpaired) electrons. The average molecular weight is 570 g/mol. The number of halogens is 1. The first kappa shape index (κ1) is 30.2. The minimum absolute atomic E-state index is 0.0495. The molecule has 208 valence electrons. The van der Waals surface area contributed by atoms with E-state index in [0.29, 0.717) is 29.2 Å². The maximum atomic E-state index is 14.1. The third kappa shape index (κ3) is 7.83. The minimum atomic E-state index is -4.14. The predicted octanol–water partition coefficient (Wildman–Crippen LogP) is 5.42. The standard InChI is InChI=1S/C30H36ClN3O4S/c1-5-27(30(36)32-19-22(2)3)33(20-24-12-8-6-9-13-24)29(35)21-34(28-18-25(31)17-16-23(28)4)39(37,38)26-14-10-7-11-15-26/h6-18,22,27H,5,19-21H2,1-4H3,(H,32,36)/t27-/m1/s1. The fraction of sp³-hybridized carbons (Fsp3) is 0.333. The van der Waals surface area contributed by atoms with E-state index in [1.54, 1.807) is 43.3 Å². The summed E-state index contributed by atoms with van der Waals surface area (Å²) >= 11 is 6.27. The second kappa shape index (κ2) is 13.6. The molecule has 0 saturated heterocycles. The molecular formula is C30H36ClN3O4S. The molecule has 0 aromatic heterocycles. The number of rotatable bonds is 12. The van der Waals surface area contributed by atoms with Gasteiger partial charge in [0.2, 0.25) is 11.8 Å². The van der Waals surface area contributed by atoms with Gasteiger partial charge in [-0.05, 0) is 54.7 Å². The summed E-state index contributed by atoms with van der Waals surface area (Å²) in [6.45, 7) is 7.71. The number of benzene rings is 3. The molecule has 1 N–H and O–H groups in total. The lowest BCUT2D eigenvalue weighted by atomic mass is 10.1. The second-order valence-corrected chi connectivity index (χ2v) is 12.1. The molecule has 0 fully saturated rings. The van der Waals surface area contributed by atoms with E-state index < -0.39 is 28.5 Å². The van der Waals surface area contributed by atoms with Crippen LogP contribution in [0.25, 0.3) is 0 Å². The van der Waals surface area contributed by atoms with Crippen molar-refractivity contribution in [1.82, 2.24) is 10.2 Å². The van der Waals surface area contributed by atoms with Gasteiger partial charge >= 0.3 is 0 Å². The van der Waals surface area contributed by atoms with Crippen molar-refractivity contribution in [1.29, 1.82) is 0 Å². The van der Waals surface area contributed by atoms with Crippen LogP contribution in [-0.2, 0) is 26.2 Å². The molecule has 0 aliphatic carbocycles. The van der Waals surface area contributed by atoms with Crippen LogP contribution in [0.4, 0.5) is 5.69 Å². The predicted molar refractivity (Wildman–Crippen MR) is 156 cm³/mol. The van der Waals surface area contributed by atoms with Gasteiger partial charge in [0, 0.05) is 18.1 Å². The highest BCUT2D eigenvalue weighted by Crippen LogP contribution is 2.30. The molecule has 3 rings (SSSR count). The highest BCUT2D eigenvalue weighted by atomic mass is 35.5. The molecule has 9 heteroatoms. The van der Waals surface area contributed by atoms with Gasteiger partial charge in [0.15, 0.2) is 0 Å². The summed E-state index contributed by atoms with van der Waals surface area (Å²) < 4.78 is 28.9. The summed E-state index contributed by atoms with van der Waals surface area (Å²) in [6, 6.07) is 21.4. The number of anilines is 1. The summed E-state index contributed by atoms with van der Waals surface area (Å²) in [7, 11) is -4.14. The molecule has 39 heavy (non-hydrogen) atoms. The normalized spacial score (nSPS) is 12.2. The van der Waals surface area contributed by atoms with E-state index >= 15 is 0 Å². The van der Waals surface area contributed by atoms with Crippen molar-refractivity contribution < 1.29 is 18.0 Å². The van der Waals surface area contributed by atoms with Gasteiger partial charge in [-0.1, -0.05) is 87.0 Å². The van der Waals surface area contributed by atoms with Crippen LogP contribution in [0, 0.1) is 12.8 Å². The van der Waals surface area contributed by atoms with Crippen molar-refractivity contribution in [2.45, 2.75) is 51.6 Å². The molecule has 1 atom stereocenters. The van der Waals surface area contributed by atoms with Gasteiger partial charge in [0.1, 0.15) is 12.6 Å². The van der Waals surface area contributed by atoms with Crippen molar-refractivity contribution >= 4 is 39.1 Å². The fourth-order valence-corrected chi connectivity index (χ4v) is 5.86. The number of aryl methyl sites for hydroxylation is 1. The van der Waals surface area contributed by atoms with Gasteiger partial charge in [-0.25, -0.2) is 8.42 Å². The van der Waals surface area contributed by atoms with Gasteiger partial charge in [-0.2, -0.15) is 0 Å². The van der Waals surface area contributed by atoms with E-state index in [2.05, 4.69) is 5.32 Å². The van der Waals surface area contributed by atoms with Crippen LogP contribution in [0.3, 0.4) is 0 Å². The van der Waals surface area contributed by atoms with Crippen LogP contribution >= 0.6 is 11.6 Å². The zero-order valence-electron chi connectivity index (χ0n) is 22.8. The fourth-order valence-electron chi connectivity index (χ4n) is 4.21. The quantitative estimate of drug-likeness (QED) is 0.315. The van der Waals surface area contributed by atoms with Crippen LogP contribution in [-0.4, -0.2) is 44.3 Å². The number of hydrogen-bond acceptors (Lipinski definition) is 4. The van der Waals surface area contributed by atoms with E-state index in [4.69, 9.17) is 11.6 Å².